The van der Waals surface area contributed by atoms with Crippen LogP contribution in [-0.2, 0) is 4.79 Å². The third-order valence-electron chi connectivity index (χ3n) is 2.51. The van der Waals surface area contributed by atoms with Crippen LogP contribution in [0.25, 0.3) is 0 Å². The quantitative estimate of drug-likeness (QED) is 0.665. The molecule has 0 aromatic rings. The fourth-order valence-electron chi connectivity index (χ4n) is 1.85. The molecule has 1 fully saturated rings. The molecule has 14 heavy (non-hydrogen) atoms. The van der Waals surface area contributed by atoms with E-state index in [1.807, 2.05) is 4.90 Å². The Morgan fingerprint density at radius 1 is 1.71 bits per heavy atom. The summed E-state index contributed by atoms with van der Waals surface area (Å²) in [5, 5.41) is 3.26. The molecule has 0 spiro atoms. The van der Waals surface area contributed by atoms with Crippen molar-refractivity contribution >= 4 is 5.91 Å². The van der Waals surface area contributed by atoms with E-state index in [1.165, 1.54) is 0 Å². The average Bonchev–Trinajstić information content (AvgIpc) is 2.67. The van der Waals surface area contributed by atoms with E-state index in [1.54, 1.807) is 0 Å². The number of carbonyl (C=O) groups is 1. The second-order valence-electron chi connectivity index (χ2n) is 3.61. The van der Waals surface area contributed by atoms with Crippen molar-refractivity contribution in [2.75, 3.05) is 19.6 Å². The molecular weight excluding hydrogens is 176 g/mol. The van der Waals surface area contributed by atoms with Gasteiger partial charge in [0.05, 0.1) is 6.42 Å². The van der Waals surface area contributed by atoms with Gasteiger partial charge in [0, 0.05) is 19.1 Å². The van der Waals surface area contributed by atoms with Crippen molar-refractivity contribution in [2.24, 2.45) is 0 Å². The topological polar surface area (TPSA) is 32.3 Å². The van der Waals surface area contributed by atoms with Gasteiger partial charge in [-0.05, 0) is 19.4 Å². The summed E-state index contributed by atoms with van der Waals surface area (Å²) in [5.74, 6) is 2.52. The maximum atomic E-state index is 11.7. The van der Waals surface area contributed by atoms with Gasteiger partial charge < -0.3 is 10.2 Å². The summed E-state index contributed by atoms with van der Waals surface area (Å²) < 4.78 is 0. The number of hydrogen-bond acceptors (Lipinski definition) is 2. The van der Waals surface area contributed by atoms with Crippen molar-refractivity contribution in [3.8, 4) is 12.3 Å². The molecule has 3 heteroatoms. The van der Waals surface area contributed by atoms with Crippen LogP contribution in [0.2, 0.25) is 0 Å². The van der Waals surface area contributed by atoms with Crippen molar-refractivity contribution in [2.45, 2.75) is 32.2 Å². The van der Waals surface area contributed by atoms with Crippen molar-refractivity contribution in [1.82, 2.24) is 10.2 Å². The number of amides is 1. The Balaban J connectivity index is 2.53. The fourth-order valence-corrected chi connectivity index (χ4v) is 1.85. The predicted octanol–water partition coefficient (Wildman–Crippen LogP) is 0.610. The zero-order valence-electron chi connectivity index (χ0n) is 8.75. The summed E-state index contributed by atoms with van der Waals surface area (Å²) in [5.41, 5.74) is 0. The number of nitrogens with zero attached hydrogens (tertiary/aromatic N) is 1. The zero-order valence-corrected chi connectivity index (χ0v) is 8.75. The SMILES string of the molecule is C#CCC(=O)N(CCC)C1CCNC1. The van der Waals surface area contributed by atoms with Gasteiger partial charge in [-0.2, -0.15) is 0 Å². The van der Waals surface area contributed by atoms with Gasteiger partial charge in [-0.3, -0.25) is 4.79 Å². The lowest BCUT2D eigenvalue weighted by Gasteiger charge is -2.27. The highest BCUT2D eigenvalue weighted by Gasteiger charge is 2.24. The summed E-state index contributed by atoms with van der Waals surface area (Å²) in [6.07, 6.45) is 7.43. The molecule has 0 aromatic heterocycles. The molecule has 0 bridgehead atoms. The van der Waals surface area contributed by atoms with E-state index < -0.39 is 0 Å². The van der Waals surface area contributed by atoms with Crippen molar-refractivity contribution in [3.05, 3.63) is 0 Å². The molecule has 1 heterocycles. The molecule has 78 valence electrons. The van der Waals surface area contributed by atoms with E-state index in [0.717, 1.165) is 32.5 Å². The summed E-state index contributed by atoms with van der Waals surface area (Å²) in [4.78, 5) is 13.6. The first-order valence-electron chi connectivity index (χ1n) is 5.23. The van der Waals surface area contributed by atoms with Crippen LogP contribution in [0.15, 0.2) is 0 Å². The van der Waals surface area contributed by atoms with Crippen molar-refractivity contribution in [1.29, 1.82) is 0 Å². The van der Waals surface area contributed by atoms with Crippen LogP contribution < -0.4 is 5.32 Å². The van der Waals surface area contributed by atoms with Crippen LogP contribution in [0.5, 0.6) is 0 Å². The first kappa shape index (κ1) is 11.1. The van der Waals surface area contributed by atoms with E-state index in [2.05, 4.69) is 18.2 Å². The lowest BCUT2D eigenvalue weighted by atomic mass is 10.2. The lowest BCUT2D eigenvalue weighted by Crippen LogP contribution is -2.41. The molecule has 1 rings (SSSR count). The number of carbonyl (C=O) groups excluding carboxylic acids is 1. The van der Waals surface area contributed by atoms with Gasteiger partial charge >= 0.3 is 0 Å². The molecule has 1 aliphatic rings. The maximum absolute atomic E-state index is 11.7. The Morgan fingerprint density at radius 3 is 3.00 bits per heavy atom. The fraction of sp³-hybridized carbons (Fsp3) is 0.727. The maximum Gasteiger partial charge on any atom is 0.234 e. The highest BCUT2D eigenvalue weighted by Crippen LogP contribution is 2.10. The second kappa shape index (κ2) is 5.66. The molecule has 0 radical (unpaired) electrons. The van der Waals surface area contributed by atoms with Crippen LogP contribution in [0.1, 0.15) is 26.2 Å². The molecule has 3 nitrogen and oxygen atoms in total. The number of nitrogens with one attached hydrogen (secondary N) is 1. The monoisotopic (exact) mass is 194 g/mol. The highest BCUT2D eigenvalue weighted by atomic mass is 16.2. The number of terminal acetylenes is 1. The average molecular weight is 194 g/mol. The van der Waals surface area contributed by atoms with Crippen LogP contribution >= 0.6 is 0 Å². The van der Waals surface area contributed by atoms with E-state index in [4.69, 9.17) is 6.42 Å². The molecular formula is C11H18N2O. The van der Waals surface area contributed by atoms with Gasteiger partial charge in [0.2, 0.25) is 5.91 Å². The molecule has 0 aromatic carbocycles. The Hall–Kier alpha value is -1.01. The predicted molar refractivity (Wildman–Crippen MR) is 56.7 cm³/mol. The van der Waals surface area contributed by atoms with Gasteiger partial charge in [-0.1, -0.05) is 12.8 Å². The zero-order chi connectivity index (χ0) is 10.4. The standard InChI is InChI=1S/C11H18N2O/c1-3-5-11(14)13(8-4-2)10-6-7-12-9-10/h1,10,12H,4-9H2,2H3. The van der Waals surface area contributed by atoms with Crippen LogP contribution in [-0.4, -0.2) is 36.5 Å². The Bertz CT molecular complexity index is 226. The second-order valence-corrected chi connectivity index (χ2v) is 3.61. The van der Waals surface area contributed by atoms with Gasteiger partial charge in [-0.25, -0.2) is 0 Å². The van der Waals surface area contributed by atoms with Crippen molar-refractivity contribution < 1.29 is 4.79 Å². The minimum absolute atomic E-state index is 0.100. The van der Waals surface area contributed by atoms with E-state index in [-0.39, 0.29) is 12.3 Å². The summed E-state index contributed by atoms with van der Waals surface area (Å²) >= 11 is 0. The highest BCUT2D eigenvalue weighted by molar-refractivity contribution is 5.78. The largest absolute Gasteiger partial charge is 0.338 e. The third kappa shape index (κ3) is 2.74. The summed E-state index contributed by atoms with van der Waals surface area (Å²) in [7, 11) is 0. The van der Waals surface area contributed by atoms with Gasteiger partial charge in [-0.15, -0.1) is 6.42 Å². The molecule has 1 N–H and O–H groups in total. The van der Waals surface area contributed by atoms with Gasteiger partial charge in [0.15, 0.2) is 0 Å². The molecule has 1 amide bonds. The van der Waals surface area contributed by atoms with Crippen molar-refractivity contribution in [3.63, 3.8) is 0 Å². The van der Waals surface area contributed by atoms with Crippen LogP contribution in [0, 0.1) is 12.3 Å². The molecule has 1 unspecified atom stereocenters. The van der Waals surface area contributed by atoms with E-state index >= 15 is 0 Å². The summed E-state index contributed by atoms with van der Waals surface area (Å²) in [6.45, 7) is 4.83. The first-order chi connectivity index (χ1) is 6.79. The molecule has 1 saturated heterocycles. The normalized spacial score (nSPS) is 20.4. The summed E-state index contributed by atoms with van der Waals surface area (Å²) in [6, 6.07) is 0.357. The number of rotatable bonds is 4. The van der Waals surface area contributed by atoms with E-state index in [9.17, 15) is 4.79 Å². The van der Waals surface area contributed by atoms with E-state index in [0.29, 0.717) is 6.04 Å². The van der Waals surface area contributed by atoms with Gasteiger partial charge in [0.1, 0.15) is 0 Å². The Kier molecular flexibility index (Phi) is 4.48. The lowest BCUT2D eigenvalue weighted by molar-refractivity contribution is -0.132. The Labute approximate surface area is 85.9 Å². The van der Waals surface area contributed by atoms with Crippen LogP contribution in [0.3, 0.4) is 0 Å². The first-order valence-corrected chi connectivity index (χ1v) is 5.23. The smallest absolute Gasteiger partial charge is 0.234 e. The molecule has 0 aliphatic carbocycles. The van der Waals surface area contributed by atoms with Gasteiger partial charge in [0.25, 0.3) is 0 Å². The molecule has 0 saturated carbocycles. The number of hydrogen-bond donors (Lipinski definition) is 1. The van der Waals surface area contributed by atoms with Crippen LogP contribution in [0.4, 0.5) is 0 Å². The minimum atomic E-state index is 0.100. The molecule has 1 aliphatic heterocycles. The Morgan fingerprint density at radius 2 is 2.50 bits per heavy atom. The third-order valence-corrected chi connectivity index (χ3v) is 2.51. The molecule has 1 atom stereocenters. The minimum Gasteiger partial charge on any atom is -0.338 e.